The maximum absolute atomic E-state index is 14.8. The summed E-state index contributed by atoms with van der Waals surface area (Å²) in [7, 11) is 0. The average molecular weight is 447 g/mol. The van der Waals surface area contributed by atoms with Gasteiger partial charge in [-0.2, -0.15) is 0 Å². The van der Waals surface area contributed by atoms with Crippen LogP contribution in [0.1, 0.15) is 41.1 Å². The molecule has 2 aliphatic rings. The molecule has 0 spiro atoms. The Morgan fingerprint density at radius 2 is 1.97 bits per heavy atom. The molecule has 6 nitrogen and oxygen atoms in total. The highest BCUT2D eigenvalue weighted by atomic mass is 19.1. The van der Waals surface area contributed by atoms with E-state index >= 15 is 0 Å². The number of pyridine rings is 1. The van der Waals surface area contributed by atoms with Crippen molar-refractivity contribution < 1.29 is 14.0 Å². The van der Waals surface area contributed by atoms with Crippen molar-refractivity contribution >= 4 is 28.3 Å². The second-order valence-electron chi connectivity index (χ2n) is 9.01. The van der Waals surface area contributed by atoms with Crippen LogP contribution >= 0.6 is 0 Å². The van der Waals surface area contributed by atoms with Crippen molar-refractivity contribution in [2.24, 2.45) is 11.8 Å². The average Bonchev–Trinajstić information content (AvgIpc) is 3.66. The van der Waals surface area contributed by atoms with E-state index in [9.17, 15) is 14.0 Å². The van der Waals surface area contributed by atoms with Crippen LogP contribution < -0.4 is 16.0 Å². The number of fused-ring (bicyclic) bond motifs is 1. The molecule has 1 saturated carbocycles. The van der Waals surface area contributed by atoms with Gasteiger partial charge in [-0.1, -0.05) is 18.2 Å². The van der Waals surface area contributed by atoms with Crippen LogP contribution in [0.5, 0.6) is 0 Å². The number of aromatic nitrogens is 1. The fourth-order valence-corrected chi connectivity index (χ4v) is 4.62. The Morgan fingerprint density at radius 1 is 1.12 bits per heavy atom. The number of rotatable bonds is 6. The number of halogens is 1. The van der Waals surface area contributed by atoms with Gasteiger partial charge in [0.2, 0.25) is 5.91 Å². The third-order valence-corrected chi connectivity index (χ3v) is 6.69. The molecule has 7 heteroatoms. The molecular weight excluding hydrogens is 419 g/mol. The van der Waals surface area contributed by atoms with Crippen molar-refractivity contribution in [1.29, 1.82) is 0 Å². The molecule has 1 aliphatic carbocycles. The zero-order valence-corrected chi connectivity index (χ0v) is 18.3. The first kappa shape index (κ1) is 21.5. The molecule has 3 atom stereocenters. The van der Waals surface area contributed by atoms with Gasteiger partial charge in [-0.15, -0.1) is 0 Å². The Morgan fingerprint density at radius 3 is 2.76 bits per heavy atom. The lowest BCUT2D eigenvalue weighted by Gasteiger charge is -2.22. The lowest BCUT2D eigenvalue weighted by atomic mass is 9.99. The normalized spacial score (nSPS) is 22.0. The van der Waals surface area contributed by atoms with E-state index in [0.29, 0.717) is 35.2 Å². The van der Waals surface area contributed by atoms with E-state index in [0.717, 1.165) is 31.5 Å². The van der Waals surface area contributed by atoms with Gasteiger partial charge in [0, 0.05) is 41.2 Å². The molecule has 1 saturated heterocycles. The smallest absolute Gasteiger partial charge is 0.251 e. The first-order chi connectivity index (χ1) is 16.1. The molecule has 0 bridgehead atoms. The summed E-state index contributed by atoms with van der Waals surface area (Å²) in [6.45, 7) is 2.69. The Hall–Kier alpha value is -3.32. The second kappa shape index (κ2) is 9.27. The van der Waals surface area contributed by atoms with E-state index in [1.807, 2.05) is 24.3 Å². The van der Waals surface area contributed by atoms with Gasteiger partial charge in [-0.3, -0.25) is 14.6 Å². The summed E-state index contributed by atoms with van der Waals surface area (Å²) in [5.74, 6) is -0.329. The minimum Gasteiger partial charge on any atom is -0.352 e. The largest absolute Gasteiger partial charge is 0.352 e. The highest BCUT2D eigenvalue weighted by Gasteiger charge is 2.44. The summed E-state index contributed by atoms with van der Waals surface area (Å²) < 4.78 is 14.8. The first-order valence-corrected chi connectivity index (χ1v) is 11.5. The topological polar surface area (TPSA) is 83.1 Å². The van der Waals surface area contributed by atoms with E-state index in [1.165, 1.54) is 6.20 Å². The van der Waals surface area contributed by atoms with E-state index < -0.39 is 5.82 Å². The number of nitrogens with one attached hydrogen (secondary N) is 3. The van der Waals surface area contributed by atoms with Crippen LogP contribution in [0.2, 0.25) is 0 Å². The van der Waals surface area contributed by atoms with Gasteiger partial charge < -0.3 is 16.0 Å². The fourth-order valence-electron chi connectivity index (χ4n) is 4.62. The number of nitrogens with zero attached hydrogens (tertiary/aromatic N) is 1. The lowest BCUT2D eigenvalue weighted by molar-refractivity contribution is -0.117. The fraction of sp³-hybridized carbons (Fsp3) is 0.346. The summed E-state index contributed by atoms with van der Waals surface area (Å²) in [4.78, 5) is 29.1. The Kier molecular flexibility index (Phi) is 6.05. The van der Waals surface area contributed by atoms with E-state index in [4.69, 9.17) is 0 Å². The molecule has 2 amide bonds. The van der Waals surface area contributed by atoms with Crippen molar-refractivity contribution in [2.75, 3.05) is 25.0 Å². The molecule has 170 valence electrons. The second-order valence-corrected chi connectivity index (χ2v) is 9.01. The number of piperidine rings is 1. The highest BCUT2D eigenvalue weighted by Crippen LogP contribution is 2.48. The molecule has 33 heavy (non-hydrogen) atoms. The number of carbonyl (C=O) groups is 2. The number of benzene rings is 2. The van der Waals surface area contributed by atoms with Gasteiger partial charge in [-0.05, 0) is 74.0 Å². The highest BCUT2D eigenvalue weighted by molar-refractivity contribution is 5.98. The van der Waals surface area contributed by atoms with E-state index in [-0.39, 0.29) is 29.3 Å². The summed E-state index contributed by atoms with van der Waals surface area (Å²) in [6.07, 6.45) is 6.13. The van der Waals surface area contributed by atoms with Crippen LogP contribution in [0.4, 0.5) is 10.1 Å². The molecule has 0 unspecified atom stereocenters. The summed E-state index contributed by atoms with van der Waals surface area (Å²) in [5.41, 5.74) is 1.83. The molecular formula is C26H27FN4O2. The number of hydrogen-bond acceptors (Lipinski definition) is 4. The molecule has 2 heterocycles. The van der Waals surface area contributed by atoms with Crippen molar-refractivity contribution in [3.8, 4) is 0 Å². The molecule has 3 aromatic rings. The van der Waals surface area contributed by atoms with E-state index in [2.05, 4.69) is 20.9 Å². The first-order valence-electron chi connectivity index (χ1n) is 11.5. The third kappa shape index (κ3) is 4.73. The number of anilines is 1. The molecule has 1 aliphatic heterocycles. The molecule has 2 fully saturated rings. The molecule has 1 aromatic heterocycles. The van der Waals surface area contributed by atoms with Crippen molar-refractivity contribution in [1.82, 2.24) is 15.6 Å². The zero-order chi connectivity index (χ0) is 22.8. The number of hydrogen-bond donors (Lipinski definition) is 3. The Labute approximate surface area is 192 Å². The van der Waals surface area contributed by atoms with Crippen molar-refractivity contribution in [3.05, 3.63) is 71.8 Å². The molecule has 3 N–H and O–H groups in total. The van der Waals surface area contributed by atoms with Gasteiger partial charge in [0.15, 0.2) is 5.82 Å². The predicted molar refractivity (Wildman–Crippen MR) is 126 cm³/mol. The minimum absolute atomic E-state index is 0.0702. The predicted octanol–water partition coefficient (Wildman–Crippen LogP) is 3.85. The minimum atomic E-state index is -0.445. The van der Waals surface area contributed by atoms with Crippen molar-refractivity contribution in [3.63, 3.8) is 0 Å². The van der Waals surface area contributed by atoms with Gasteiger partial charge in [0.1, 0.15) is 0 Å². The van der Waals surface area contributed by atoms with Gasteiger partial charge >= 0.3 is 0 Å². The van der Waals surface area contributed by atoms with Crippen LogP contribution in [0.25, 0.3) is 10.8 Å². The van der Waals surface area contributed by atoms with Gasteiger partial charge in [-0.25, -0.2) is 4.39 Å². The Balaban J connectivity index is 1.17. The van der Waals surface area contributed by atoms with Crippen LogP contribution in [-0.4, -0.2) is 36.4 Å². The third-order valence-electron chi connectivity index (χ3n) is 6.69. The summed E-state index contributed by atoms with van der Waals surface area (Å²) in [5, 5.41) is 10.2. The zero-order valence-electron chi connectivity index (χ0n) is 18.3. The van der Waals surface area contributed by atoms with Crippen LogP contribution in [-0.2, 0) is 4.79 Å². The van der Waals surface area contributed by atoms with Gasteiger partial charge in [0.25, 0.3) is 5.91 Å². The lowest BCUT2D eigenvalue weighted by Crippen LogP contribution is -2.38. The van der Waals surface area contributed by atoms with Gasteiger partial charge in [0.05, 0.1) is 5.69 Å². The molecule has 2 aromatic carbocycles. The number of amides is 2. The quantitative estimate of drug-likeness (QED) is 0.537. The van der Waals surface area contributed by atoms with Crippen LogP contribution in [0.15, 0.2) is 54.9 Å². The summed E-state index contributed by atoms with van der Waals surface area (Å²) >= 11 is 0. The van der Waals surface area contributed by atoms with Crippen LogP contribution in [0, 0.1) is 17.7 Å². The summed E-state index contributed by atoms with van der Waals surface area (Å²) in [6, 6.07) is 12.4. The van der Waals surface area contributed by atoms with Crippen LogP contribution in [0.3, 0.4) is 0 Å². The SMILES string of the molecule is O=C(NC[C@@H]1CCCNC1)c1ccc([C@@H]2C[C@H]2C(=O)Nc2ccc3cnccc3c2F)cc1. The van der Waals surface area contributed by atoms with Crippen molar-refractivity contribution in [2.45, 2.75) is 25.2 Å². The number of carbonyl (C=O) groups excluding carboxylic acids is 2. The monoisotopic (exact) mass is 446 g/mol. The molecule has 5 rings (SSSR count). The molecule has 0 radical (unpaired) electrons. The maximum atomic E-state index is 14.8. The van der Waals surface area contributed by atoms with E-state index in [1.54, 1.807) is 24.4 Å². The Bertz CT molecular complexity index is 1170. The standard InChI is InChI=1S/C26H27FN4O2/c27-24-20-9-11-29-15-19(20)7-8-23(24)31-26(33)22-12-21(22)17-3-5-18(6-4-17)25(32)30-14-16-2-1-10-28-13-16/h3-9,11,15-16,21-22,28H,1-2,10,12-14H2,(H,30,32)(H,31,33)/t16-,21+,22-/m1/s1. The maximum Gasteiger partial charge on any atom is 0.251 e.